The van der Waals surface area contributed by atoms with Crippen molar-refractivity contribution in [2.45, 2.75) is 36.5 Å². The lowest BCUT2D eigenvalue weighted by Gasteiger charge is -2.28. The van der Waals surface area contributed by atoms with E-state index in [1.54, 1.807) is 0 Å². The Labute approximate surface area is 199 Å². The second-order valence-electron chi connectivity index (χ2n) is 8.24. The molecule has 0 aliphatic heterocycles. The van der Waals surface area contributed by atoms with E-state index in [4.69, 9.17) is 0 Å². The predicted octanol–water partition coefficient (Wildman–Crippen LogP) is 4.86. The summed E-state index contributed by atoms with van der Waals surface area (Å²) < 4.78 is 106. The van der Waals surface area contributed by atoms with Gasteiger partial charge in [0.1, 0.15) is 5.69 Å². The second kappa shape index (κ2) is 9.86. The largest absolute Gasteiger partial charge is 0.426 e. The maximum Gasteiger partial charge on any atom is 0.426 e. The van der Waals surface area contributed by atoms with Crippen molar-refractivity contribution in [3.8, 4) is 0 Å². The number of alkyl halides is 8. The van der Waals surface area contributed by atoms with Gasteiger partial charge in [-0.2, -0.15) is 26.3 Å². The summed E-state index contributed by atoms with van der Waals surface area (Å²) >= 11 is 0. The zero-order valence-electron chi connectivity index (χ0n) is 18.3. The van der Waals surface area contributed by atoms with Crippen LogP contribution in [-0.4, -0.2) is 53.6 Å². The van der Waals surface area contributed by atoms with Gasteiger partial charge in [0.05, 0.1) is 0 Å². The summed E-state index contributed by atoms with van der Waals surface area (Å²) in [4.78, 5) is 28.5. The zero-order chi connectivity index (χ0) is 26.8. The van der Waals surface area contributed by atoms with Crippen LogP contribution in [0.3, 0.4) is 0 Å². The van der Waals surface area contributed by atoms with Crippen LogP contribution >= 0.6 is 0 Å². The summed E-state index contributed by atoms with van der Waals surface area (Å²) in [6.07, 6.45) is -6.06. The molecule has 0 spiro atoms. The molecule has 1 heterocycles. The fourth-order valence-electron chi connectivity index (χ4n) is 3.48. The molecular formula is C23H19F8N3O2. The Kier molecular flexibility index (Phi) is 7.42. The van der Waals surface area contributed by atoms with E-state index >= 15 is 0 Å². The van der Waals surface area contributed by atoms with Gasteiger partial charge in [-0.05, 0) is 35.4 Å². The number of allylic oxidation sites excluding steroid dienone is 6. The summed E-state index contributed by atoms with van der Waals surface area (Å²) in [6.45, 7) is -0.796. The molecule has 2 aliphatic rings. The van der Waals surface area contributed by atoms with Crippen LogP contribution in [0.5, 0.6) is 0 Å². The Hall–Kier alpha value is -3.51. The van der Waals surface area contributed by atoms with Gasteiger partial charge in [-0.1, -0.05) is 24.3 Å². The third kappa shape index (κ3) is 6.00. The third-order valence-electron chi connectivity index (χ3n) is 5.50. The van der Waals surface area contributed by atoms with E-state index in [9.17, 15) is 44.7 Å². The standard InChI is InChI=1S/C23H19F8N3O2/c24-20(22(26,27)28)6-1-3-14(10-20)12-33-18(35)16-5-8-32-17(9-16)19(36)34-13-15-4-2-7-21(25,11-15)23(29,30)31/h1-9H,10-13H2,(H,33,35)(H,34,36). The normalized spacial score (nSPS) is 24.1. The fraction of sp³-hybridized carbons (Fsp3) is 0.348. The molecule has 2 atom stereocenters. The summed E-state index contributed by atoms with van der Waals surface area (Å²) in [6, 6.07) is 2.27. The summed E-state index contributed by atoms with van der Waals surface area (Å²) in [5.41, 5.74) is -7.52. The van der Waals surface area contributed by atoms with Gasteiger partial charge in [0.2, 0.25) is 11.3 Å². The molecule has 1 aromatic rings. The van der Waals surface area contributed by atoms with Crippen molar-refractivity contribution in [1.82, 2.24) is 15.6 Å². The van der Waals surface area contributed by atoms with Crippen LogP contribution in [0.1, 0.15) is 33.7 Å². The highest BCUT2D eigenvalue weighted by atomic mass is 19.4. The van der Waals surface area contributed by atoms with E-state index in [0.29, 0.717) is 12.2 Å². The lowest BCUT2D eigenvalue weighted by Crippen LogP contribution is -2.41. The molecule has 0 aromatic carbocycles. The summed E-state index contributed by atoms with van der Waals surface area (Å²) in [7, 11) is 0. The molecule has 13 heteroatoms. The maximum atomic E-state index is 14.1. The molecule has 1 aromatic heterocycles. The van der Waals surface area contributed by atoms with Crippen molar-refractivity contribution in [3.05, 3.63) is 77.2 Å². The Morgan fingerprint density at radius 3 is 1.78 bits per heavy atom. The Morgan fingerprint density at radius 2 is 1.31 bits per heavy atom. The molecule has 0 fully saturated rings. The van der Waals surface area contributed by atoms with Gasteiger partial charge < -0.3 is 10.6 Å². The quantitative estimate of drug-likeness (QED) is 0.526. The van der Waals surface area contributed by atoms with Crippen LogP contribution in [0, 0.1) is 0 Å². The number of pyridine rings is 1. The van der Waals surface area contributed by atoms with Gasteiger partial charge in [0.15, 0.2) is 0 Å². The Balaban J connectivity index is 1.57. The minimum absolute atomic E-state index is 0.0182. The third-order valence-corrected chi connectivity index (χ3v) is 5.50. The summed E-state index contributed by atoms with van der Waals surface area (Å²) in [5, 5.41) is 4.63. The highest BCUT2D eigenvalue weighted by molar-refractivity contribution is 5.98. The fourth-order valence-corrected chi connectivity index (χ4v) is 3.48. The van der Waals surface area contributed by atoms with E-state index < -0.39 is 54.9 Å². The van der Waals surface area contributed by atoms with E-state index in [-0.39, 0.29) is 28.9 Å². The maximum absolute atomic E-state index is 14.1. The minimum atomic E-state index is -5.13. The molecule has 0 radical (unpaired) electrons. The number of carbonyl (C=O) groups excluding carboxylic acids is 2. The van der Waals surface area contributed by atoms with Gasteiger partial charge in [-0.25, -0.2) is 8.78 Å². The van der Waals surface area contributed by atoms with Crippen LogP contribution in [0.2, 0.25) is 0 Å². The van der Waals surface area contributed by atoms with E-state index in [1.165, 1.54) is 18.2 Å². The van der Waals surface area contributed by atoms with Crippen LogP contribution in [0.15, 0.2) is 65.9 Å². The topological polar surface area (TPSA) is 71.1 Å². The SMILES string of the molecule is O=C(NCC1=CC=CC(F)(C(F)(F)F)C1)c1ccnc(C(=O)NCC2=CC=CC(F)(C(F)(F)F)C2)c1. The first kappa shape index (κ1) is 27.1. The number of nitrogens with zero attached hydrogens (tertiary/aromatic N) is 1. The van der Waals surface area contributed by atoms with Crippen LogP contribution in [0.25, 0.3) is 0 Å². The monoisotopic (exact) mass is 521 g/mol. The van der Waals surface area contributed by atoms with Crippen LogP contribution in [0.4, 0.5) is 35.1 Å². The minimum Gasteiger partial charge on any atom is -0.348 e. The molecule has 0 saturated carbocycles. The number of rotatable bonds is 6. The molecule has 0 bridgehead atoms. The van der Waals surface area contributed by atoms with Crippen molar-refractivity contribution in [2.75, 3.05) is 13.1 Å². The van der Waals surface area contributed by atoms with E-state index in [1.807, 2.05) is 0 Å². The van der Waals surface area contributed by atoms with Gasteiger partial charge in [0.25, 0.3) is 11.8 Å². The first-order valence-electron chi connectivity index (χ1n) is 10.4. The van der Waals surface area contributed by atoms with Crippen molar-refractivity contribution in [1.29, 1.82) is 0 Å². The average molecular weight is 521 g/mol. The lowest BCUT2D eigenvalue weighted by molar-refractivity contribution is -0.212. The van der Waals surface area contributed by atoms with Crippen LogP contribution < -0.4 is 10.6 Å². The van der Waals surface area contributed by atoms with Gasteiger partial charge >= 0.3 is 12.4 Å². The number of aromatic nitrogens is 1. The highest BCUT2D eigenvalue weighted by Gasteiger charge is 2.55. The highest BCUT2D eigenvalue weighted by Crippen LogP contribution is 2.42. The molecule has 2 aliphatic carbocycles. The lowest BCUT2D eigenvalue weighted by atomic mass is 9.90. The molecule has 3 rings (SSSR count). The number of hydrogen-bond donors (Lipinski definition) is 2. The van der Waals surface area contributed by atoms with Gasteiger partial charge in [-0.3, -0.25) is 14.6 Å². The second-order valence-corrected chi connectivity index (χ2v) is 8.24. The number of carbonyl (C=O) groups is 2. The molecule has 2 unspecified atom stereocenters. The van der Waals surface area contributed by atoms with E-state index in [2.05, 4.69) is 15.6 Å². The smallest absolute Gasteiger partial charge is 0.348 e. The molecule has 0 saturated heterocycles. The predicted molar refractivity (Wildman–Crippen MR) is 112 cm³/mol. The number of nitrogens with one attached hydrogen (secondary N) is 2. The zero-order valence-corrected chi connectivity index (χ0v) is 18.3. The molecule has 2 N–H and O–H groups in total. The van der Waals surface area contributed by atoms with Crippen molar-refractivity contribution in [3.63, 3.8) is 0 Å². The van der Waals surface area contributed by atoms with Gasteiger partial charge in [0, 0.05) is 37.7 Å². The van der Waals surface area contributed by atoms with Crippen molar-refractivity contribution < 1.29 is 44.7 Å². The number of amides is 2. The molecule has 194 valence electrons. The molecule has 36 heavy (non-hydrogen) atoms. The molecule has 5 nitrogen and oxygen atoms in total. The van der Waals surface area contributed by atoms with E-state index in [0.717, 1.165) is 24.4 Å². The van der Waals surface area contributed by atoms with Crippen molar-refractivity contribution in [2.24, 2.45) is 0 Å². The number of halogens is 8. The van der Waals surface area contributed by atoms with Gasteiger partial charge in [-0.15, -0.1) is 0 Å². The molecular weight excluding hydrogens is 502 g/mol. The molecule has 2 amide bonds. The first-order chi connectivity index (χ1) is 16.6. The summed E-state index contributed by atoms with van der Waals surface area (Å²) in [5.74, 6) is -1.64. The van der Waals surface area contributed by atoms with Crippen LogP contribution in [-0.2, 0) is 0 Å². The average Bonchev–Trinajstić information content (AvgIpc) is 2.80. The first-order valence-corrected chi connectivity index (χ1v) is 10.4. The Bertz CT molecular complexity index is 1070. The van der Waals surface area contributed by atoms with Crippen molar-refractivity contribution >= 4 is 11.8 Å². The number of hydrogen-bond acceptors (Lipinski definition) is 3. The Morgan fingerprint density at radius 1 is 0.833 bits per heavy atom.